The second-order valence-electron chi connectivity index (χ2n) is 5.42. The van der Waals surface area contributed by atoms with Crippen molar-refractivity contribution in [3.05, 3.63) is 17.2 Å². The monoisotopic (exact) mass is 299 g/mol. The lowest BCUT2D eigenvalue weighted by atomic mass is 10.2. The van der Waals surface area contributed by atoms with Crippen LogP contribution in [0, 0.1) is 0 Å². The molecule has 2 rings (SSSR count). The molecule has 0 unspecified atom stereocenters. The Bertz CT molecular complexity index is 511. The second-order valence-corrected chi connectivity index (χ2v) is 5.83. The van der Waals surface area contributed by atoms with Gasteiger partial charge in [-0.3, -0.25) is 4.79 Å². The van der Waals surface area contributed by atoms with E-state index in [2.05, 4.69) is 5.32 Å². The van der Waals surface area contributed by atoms with Crippen LogP contribution in [-0.2, 0) is 9.53 Å². The Morgan fingerprint density at radius 2 is 1.90 bits per heavy atom. The third kappa shape index (κ3) is 4.02. The Morgan fingerprint density at radius 1 is 1.30 bits per heavy atom. The molecule has 0 aliphatic carbocycles. The molecule has 6 heteroatoms. The van der Waals surface area contributed by atoms with E-state index >= 15 is 0 Å². The largest absolute Gasteiger partial charge is 0.486 e. The molecule has 0 atom stereocenters. The number of hydrogen-bond donors (Lipinski definition) is 1. The van der Waals surface area contributed by atoms with Crippen molar-refractivity contribution in [2.45, 2.75) is 26.4 Å². The van der Waals surface area contributed by atoms with Gasteiger partial charge in [0, 0.05) is 12.1 Å². The van der Waals surface area contributed by atoms with E-state index in [1.165, 1.54) is 0 Å². The Balaban J connectivity index is 2.04. The van der Waals surface area contributed by atoms with Gasteiger partial charge in [0.05, 0.1) is 16.3 Å². The maximum Gasteiger partial charge on any atom is 0.250 e. The molecule has 0 saturated carbocycles. The zero-order valence-electron chi connectivity index (χ0n) is 11.8. The molecule has 20 heavy (non-hydrogen) atoms. The predicted octanol–water partition coefficient (Wildman–Crippen LogP) is 2.86. The Labute approximate surface area is 123 Å². The van der Waals surface area contributed by atoms with E-state index in [0.29, 0.717) is 35.4 Å². The van der Waals surface area contributed by atoms with Crippen LogP contribution in [0.15, 0.2) is 12.1 Å². The maximum atomic E-state index is 11.8. The van der Waals surface area contributed by atoms with Crippen LogP contribution in [0.1, 0.15) is 20.8 Å². The summed E-state index contributed by atoms with van der Waals surface area (Å²) in [6.45, 7) is 6.60. The fourth-order valence-electron chi connectivity index (χ4n) is 1.63. The minimum Gasteiger partial charge on any atom is -0.486 e. The number of rotatable bonds is 3. The van der Waals surface area contributed by atoms with Crippen molar-refractivity contribution in [2.75, 3.05) is 25.1 Å². The van der Waals surface area contributed by atoms with Gasteiger partial charge >= 0.3 is 0 Å². The Kier molecular flexibility index (Phi) is 4.40. The third-order valence-corrected chi connectivity index (χ3v) is 2.85. The van der Waals surface area contributed by atoms with Crippen molar-refractivity contribution in [2.24, 2.45) is 0 Å². The van der Waals surface area contributed by atoms with Crippen LogP contribution in [0.3, 0.4) is 0 Å². The Morgan fingerprint density at radius 3 is 2.50 bits per heavy atom. The van der Waals surface area contributed by atoms with E-state index in [1.54, 1.807) is 12.1 Å². The average Bonchev–Trinajstić information content (AvgIpc) is 2.36. The molecule has 1 heterocycles. The summed E-state index contributed by atoms with van der Waals surface area (Å²) in [7, 11) is 0. The van der Waals surface area contributed by atoms with Gasteiger partial charge in [-0.1, -0.05) is 11.6 Å². The first kappa shape index (κ1) is 14.9. The fraction of sp³-hybridized carbons (Fsp3) is 0.500. The van der Waals surface area contributed by atoms with Gasteiger partial charge in [-0.25, -0.2) is 0 Å². The molecule has 1 aromatic carbocycles. The quantitative estimate of drug-likeness (QED) is 0.932. The summed E-state index contributed by atoms with van der Waals surface area (Å²) < 4.78 is 16.3. The first-order chi connectivity index (χ1) is 9.35. The van der Waals surface area contributed by atoms with Gasteiger partial charge in [0.2, 0.25) is 5.91 Å². The highest BCUT2D eigenvalue weighted by molar-refractivity contribution is 6.34. The molecule has 0 aromatic heterocycles. The van der Waals surface area contributed by atoms with Crippen molar-refractivity contribution in [3.8, 4) is 11.5 Å². The zero-order valence-corrected chi connectivity index (χ0v) is 12.5. The minimum absolute atomic E-state index is 0.0335. The highest BCUT2D eigenvalue weighted by atomic mass is 35.5. The van der Waals surface area contributed by atoms with Gasteiger partial charge in [-0.05, 0) is 20.8 Å². The number of carbonyl (C=O) groups excluding carboxylic acids is 1. The number of benzene rings is 1. The summed E-state index contributed by atoms with van der Waals surface area (Å²) in [4.78, 5) is 11.8. The van der Waals surface area contributed by atoms with E-state index in [9.17, 15) is 4.79 Å². The Hall–Kier alpha value is -1.46. The van der Waals surface area contributed by atoms with Crippen molar-refractivity contribution < 1.29 is 19.0 Å². The van der Waals surface area contributed by atoms with E-state index in [4.69, 9.17) is 25.8 Å². The highest BCUT2D eigenvalue weighted by Gasteiger charge is 2.17. The molecule has 0 fully saturated rings. The van der Waals surface area contributed by atoms with E-state index in [1.807, 2.05) is 20.8 Å². The summed E-state index contributed by atoms with van der Waals surface area (Å²) in [5.74, 6) is 0.899. The molecule has 0 spiro atoms. The van der Waals surface area contributed by atoms with Gasteiger partial charge < -0.3 is 19.5 Å². The molecule has 110 valence electrons. The van der Waals surface area contributed by atoms with Crippen molar-refractivity contribution in [1.29, 1.82) is 0 Å². The molecule has 0 bridgehead atoms. The number of ether oxygens (including phenoxy) is 3. The summed E-state index contributed by atoms with van der Waals surface area (Å²) in [6, 6.07) is 3.29. The first-order valence-corrected chi connectivity index (χ1v) is 6.76. The van der Waals surface area contributed by atoms with Gasteiger partial charge in [-0.15, -0.1) is 0 Å². The molecule has 0 saturated heterocycles. The number of nitrogens with one attached hydrogen (secondary N) is 1. The molecule has 1 amide bonds. The van der Waals surface area contributed by atoms with Crippen LogP contribution in [0.2, 0.25) is 5.02 Å². The van der Waals surface area contributed by atoms with Gasteiger partial charge in [0.25, 0.3) is 0 Å². The number of halogens is 1. The first-order valence-electron chi connectivity index (χ1n) is 6.38. The van der Waals surface area contributed by atoms with Gasteiger partial charge in [0.1, 0.15) is 19.8 Å². The molecule has 1 N–H and O–H groups in total. The standard InChI is InChI=1S/C14H18ClNO4/c1-14(2,3)20-8-13(17)16-10-7-12-11(6-9(10)15)18-4-5-19-12/h6-7H,4-5,8H2,1-3H3,(H,16,17). The summed E-state index contributed by atoms with van der Waals surface area (Å²) in [5.41, 5.74) is 0.118. The molecule has 1 aliphatic heterocycles. The van der Waals surface area contributed by atoms with Gasteiger partial charge in [0.15, 0.2) is 11.5 Å². The van der Waals surface area contributed by atoms with Crippen LogP contribution in [0.4, 0.5) is 5.69 Å². The average molecular weight is 300 g/mol. The minimum atomic E-state index is -0.367. The van der Waals surface area contributed by atoms with Crippen LogP contribution in [-0.4, -0.2) is 31.3 Å². The van der Waals surface area contributed by atoms with Gasteiger partial charge in [-0.2, -0.15) is 0 Å². The number of hydrogen-bond acceptors (Lipinski definition) is 4. The van der Waals surface area contributed by atoms with Crippen LogP contribution in [0.25, 0.3) is 0 Å². The van der Waals surface area contributed by atoms with Crippen LogP contribution < -0.4 is 14.8 Å². The predicted molar refractivity (Wildman–Crippen MR) is 76.8 cm³/mol. The molecular formula is C14H18ClNO4. The number of carbonyl (C=O) groups is 1. The lowest BCUT2D eigenvalue weighted by Crippen LogP contribution is -2.27. The SMILES string of the molecule is CC(C)(C)OCC(=O)Nc1cc2c(cc1Cl)OCCO2. The summed E-state index contributed by atoms with van der Waals surface area (Å²) in [5, 5.41) is 3.10. The fourth-order valence-corrected chi connectivity index (χ4v) is 1.83. The summed E-state index contributed by atoms with van der Waals surface area (Å²) >= 11 is 6.10. The molecular weight excluding hydrogens is 282 g/mol. The second kappa shape index (κ2) is 5.89. The number of amides is 1. The molecule has 0 radical (unpaired) electrons. The zero-order chi connectivity index (χ0) is 14.8. The molecule has 1 aliphatic rings. The molecule has 1 aromatic rings. The van der Waals surface area contributed by atoms with Crippen molar-refractivity contribution in [1.82, 2.24) is 0 Å². The van der Waals surface area contributed by atoms with E-state index < -0.39 is 0 Å². The third-order valence-electron chi connectivity index (χ3n) is 2.54. The number of anilines is 1. The van der Waals surface area contributed by atoms with Crippen molar-refractivity contribution >= 4 is 23.2 Å². The van der Waals surface area contributed by atoms with Crippen molar-refractivity contribution in [3.63, 3.8) is 0 Å². The smallest absolute Gasteiger partial charge is 0.250 e. The lowest BCUT2D eigenvalue weighted by Gasteiger charge is -2.21. The van der Waals surface area contributed by atoms with Crippen LogP contribution >= 0.6 is 11.6 Å². The topological polar surface area (TPSA) is 56.8 Å². The lowest BCUT2D eigenvalue weighted by molar-refractivity contribution is -0.125. The summed E-state index contributed by atoms with van der Waals surface area (Å²) in [6.07, 6.45) is 0. The number of fused-ring (bicyclic) bond motifs is 1. The molecule has 5 nitrogen and oxygen atoms in total. The normalized spacial score (nSPS) is 14.0. The van der Waals surface area contributed by atoms with E-state index in [0.717, 1.165) is 0 Å². The maximum absolute atomic E-state index is 11.8. The highest BCUT2D eigenvalue weighted by Crippen LogP contribution is 2.37. The van der Waals surface area contributed by atoms with Crippen LogP contribution in [0.5, 0.6) is 11.5 Å². The van der Waals surface area contributed by atoms with E-state index in [-0.39, 0.29) is 18.1 Å².